The minimum Gasteiger partial charge on any atom is -0.480 e. The maximum absolute atomic E-state index is 5.25. The SMILES string of the molecule is COc1nccnc1CNC1CCN(c2cc(C)nc(C)n2)CC1. The number of hydrogen-bond donors (Lipinski definition) is 1. The lowest BCUT2D eigenvalue weighted by Gasteiger charge is -2.33. The highest BCUT2D eigenvalue weighted by atomic mass is 16.5. The molecule has 0 aromatic carbocycles. The zero-order valence-corrected chi connectivity index (χ0v) is 14.5. The van der Waals surface area contributed by atoms with Crippen molar-refractivity contribution >= 4 is 5.82 Å². The summed E-state index contributed by atoms with van der Waals surface area (Å²) in [7, 11) is 1.62. The normalized spacial score (nSPS) is 15.5. The van der Waals surface area contributed by atoms with Gasteiger partial charge in [0.2, 0.25) is 5.88 Å². The Morgan fingerprint density at radius 3 is 2.62 bits per heavy atom. The van der Waals surface area contributed by atoms with Gasteiger partial charge in [0.1, 0.15) is 17.3 Å². The first-order valence-corrected chi connectivity index (χ1v) is 8.30. The number of nitrogens with one attached hydrogen (secondary N) is 1. The van der Waals surface area contributed by atoms with Gasteiger partial charge in [0.05, 0.1) is 7.11 Å². The van der Waals surface area contributed by atoms with Crippen LogP contribution in [0, 0.1) is 13.8 Å². The van der Waals surface area contributed by atoms with E-state index in [1.165, 1.54) is 0 Å². The Morgan fingerprint density at radius 2 is 1.92 bits per heavy atom. The van der Waals surface area contributed by atoms with Gasteiger partial charge >= 0.3 is 0 Å². The molecule has 3 rings (SSSR count). The highest BCUT2D eigenvalue weighted by molar-refractivity contribution is 5.40. The Kier molecular flexibility index (Phi) is 5.20. The van der Waals surface area contributed by atoms with Crippen LogP contribution in [0.3, 0.4) is 0 Å². The third kappa shape index (κ3) is 3.97. The van der Waals surface area contributed by atoms with Crippen LogP contribution >= 0.6 is 0 Å². The molecule has 0 amide bonds. The first-order chi connectivity index (χ1) is 11.7. The van der Waals surface area contributed by atoms with Crippen molar-refractivity contribution in [2.75, 3.05) is 25.1 Å². The number of hydrogen-bond acceptors (Lipinski definition) is 7. The predicted molar refractivity (Wildman–Crippen MR) is 92.2 cm³/mol. The van der Waals surface area contributed by atoms with E-state index in [0.717, 1.165) is 49.0 Å². The van der Waals surface area contributed by atoms with E-state index in [0.29, 0.717) is 18.5 Å². The summed E-state index contributed by atoms with van der Waals surface area (Å²) in [5, 5.41) is 3.57. The molecule has 7 nitrogen and oxygen atoms in total. The van der Waals surface area contributed by atoms with E-state index in [1.807, 2.05) is 13.8 Å². The van der Waals surface area contributed by atoms with Crippen LogP contribution in [-0.4, -0.2) is 46.2 Å². The van der Waals surface area contributed by atoms with Crippen LogP contribution < -0.4 is 15.0 Å². The summed E-state index contributed by atoms with van der Waals surface area (Å²) in [6.45, 7) is 6.61. The first kappa shape index (κ1) is 16.6. The highest BCUT2D eigenvalue weighted by Crippen LogP contribution is 2.19. The van der Waals surface area contributed by atoms with Crippen molar-refractivity contribution in [3.05, 3.63) is 35.7 Å². The molecule has 0 spiro atoms. The van der Waals surface area contributed by atoms with Crippen molar-refractivity contribution in [2.24, 2.45) is 0 Å². The molecule has 0 atom stereocenters. The molecule has 1 N–H and O–H groups in total. The van der Waals surface area contributed by atoms with Crippen LogP contribution in [0.2, 0.25) is 0 Å². The van der Waals surface area contributed by atoms with Crippen molar-refractivity contribution in [3.63, 3.8) is 0 Å². The molecule has 1 aliphatic rings. The Hall–Kier alpha value is -2.28. The first-order valence-electron chi connectivity index (χ1n) is 8.30. The second-order valence-corrected chi connectivity index (χ2v) is 6.07. The van der Waals surface area contributed by atoms with Crippen LogP contribution in [0.25, 0.3) is 0 Å². The number of aryl methyl sites for hydroxylation is 2. The van der Waals surface area contributed by atoms with Crippen molar-refractivity contribution < 1.29 is 4.74 Å². The second kappa shape index (κ2) is 7.53. The summed E-state index contributed by atoms with van der Waals surface area (Å²) in [6.07, 6.45) is 5.49. The maximum atomic E-state index is 5.25. The largest absolute Gasteiger partial charge is 0.480 e. The molecule has 2 aromatic heterocycles. The van der Waals surface area contributed by atoms with Crippen molar-refractivity contribution in [1.82, 2.24) is 25.3 Å². The predicted octanol–water partition coefficient (Wildman–Crippen LogP) is 1.65. The fourth-order valence-corrected chi connectivity index (χ4v) is 3.06. The quantitative estimate of drug-likeness (QED) is 0.894. The summed E-state index contributed by atoms with van der Waals surface area (Å²) in [5.41, 5.74) is 1.87. The Labute approximate surface area is 142 Å². The highest BCUT2D eigenvalue weighted by Gasteiger charge is 2.21. The molecule has 1 aliphatic heterocycles. The van der Waals surface area contributed by atoms with Gasteiger partial charge in [-0.25, -0.2) is 15.0 Å². The van der Waals surface area contributed by atoms with E-state index in [2.05, 4.69) is 36.2 Å². The van der Waals surface area contributed by atoms with E-state index < -0.39 is 0 Å². The lowest BCUT2D eigenvalue weighted by Crippen LogP contribution is -2.42. The van der Waals surface area contributed by atoms with Gasteiger partial charge in [-0.15, -0.1) is 0 Å². The van der Waals surface area contributed by atoms with Gasteiger partial charge in [0.15, 0.2) is 0 Å². The van der Waals surface area contributed by atoms with E-state index >= 15 is 0 Å². The third-order valence-corrected chi connectivity index (χ3v) is 4.26. The molecule has 1 saturated heterocycles. The van der Waals surface area contributed by atoms with Gasteiger partial charge in [-0.1, -0.05) is 0 Å². The summed E-state index contributed by atoms with van der Waals surface area (Å²) < 4.78 is 5.25. The van der Waals surface area contributed by atoms with E-state index in [4.69, 9.17) is 4.74 Å². The topological polar surface area (TPSA) is 76.1 Å². The minimum absolute atomic E-state index is 0.469. The summed E-state index contributed by atoms with van der Waals surface area (Å²) >= 11 is 0. The number of anilines is 1. The minimum atomic E-state index is 0.469. The van der Waals surface area contributed by atoms with Gasteiger partial charge < -0.3 is 15.0 Å². The molecule has 3 heterocycles. The fourth-order valence-electron chi connectivity index (χ4n) is 3.06. The van der Waals surface area contributed by atoms with Crippen molar-refractivity contribution in [1.29, 1.82) is 0 Å². The smallest absolute Gasteiger partial charge is 0.236 e. The number of ether oxygens (including phenoxy) is 1. The monoisotopic (exact) mass is 328 g/mol. The van der Waals surface area contributed by atoms with Gasteiger partial charge in [-0.3, -0.25) is 4.98 Å². The number of piperidine rings is 1. The number of rotatable bonds is 5. The van der Waals surface area contributed by atoms with Gasteiger partial charge in [-0.05, 0) is 26.7 Å². The van der Waals surface area contributed by atoms with Crippen LogP contribution in [-0.2, 0) is 6.54 Å². The summed E-state index contributed by atoms with van der Waals surface area (Å²) in [6, 6.07) is 2.53. The Balaban J connectivity index is 1.53. The lowest BCUT2D eigenvalue weighted by atomic mass is 10.0. The average Bonchev–Trinajstić information content (AvgIpc) is 2.60. The van der Waals surface area contributed by atoms with Gasteiger partial charge in [0.25, 0.3) is 0 Å². The van der Waals surface area contributed by atoms with Crippen LogP contribution in [0.15, 0.2) is 18.5 Å². The molecule has 128 valence electrons. The molecule has 24 heavy (non-hydrogen) atoms. The molecule has 2 aromatic rings. The third-order valence-electron chi connectivity index (χ3n) is 4.26. The fraction of sp³-hybridized carbons (Fsp3) is 0.529. The van der Waals surface area contributed by atoms with Gasteiger partial charge in [-0.2, -0.15) is 0 Å². The zero-order chi connectivity index (χ0) is 16.9. The lowest BCUT2D eigenvalue weighted by molar-refractivity contribution is 0.375. The van der Waals surface area contributed by atoms with Crippen LogP contribution in [0.5, 0.6) is 5.88 Å². The molecule has 0 unspecified atom stereocenters. The summed E-state index contributed by atoms with van der Waals surface area (Å²) in [5.74, 6) is 2.46. The van der Waals surface area contributed by atoms with E-state index in [-0.39, 0.29) is 0 Å². The maximum Gasteiger partial charge on any atom is 0.236 e. The molecule has 1 fully saturated rings. The molecule has 0 bridgehead atoms. The molecule has 7 heteroatoms. The molecular weight excluding hydrogens is 304 g/mol. The molecule has 0 aliphatic carbocycles. The Bertz CT molecular complexity index is 664. The van der Waals surface area contributed by atoms with E-state index in [1.54, 1.807) is 19.5 Å². The molecular formula is C17H24N6O. The Morgan fingerprint density at radius 1 is 1.17 bits per heavy atom. The molecule has 0 saturated carbocycles. The summed E-state index contributed by atoms with van der Waals surface area (Å²) in [4.78, 5) is 19.8. The van der Waals surface area contributed by atoms with E-state index in [9.17, 15) is 0 Å². The van der Waals surface area contributed by atoms with Gasteiger partial charge in [0, 0.05) is 49.8 Å². The standard InChI is InChI=1S/C17H24N6O/c1-12-10-16(22-13(2)21-12)23-8-4-14(5-9-23)20-11-15-17(24-3)19-7-6-18-15/h6-7,10,14,20H,4-5,8-9,11H2,1-3H3. The van der Waals surface area contributed by atoms with Crippen LogP contribution in [0.4, 0.5) is 5.82 Å². The number of nitrogens with zero attached hydrogens (tertiary/aromatic N) is 5. The average molecular weight is 328 g/mol. The number of aromatic nitrogens is 4. The second-order valence-electron chi connectivity index (χ2n) is 6.07. The number of methoxy groups -OCH3 is 1. The zero-order valence-electron chi connectivity index (χ0n) is 14.5. The van der Waals surface area contributed by atoms with Crippen molar-refractivity contribution in [3.8, 4) is 5.88 Å². The van der Waals surface area contributed by atoms with Crippen LogP contribution in [0.1, 0.15) is 30.1 Å². The molecule has 0 radical (unpaired) electrons. The van der Waals surface area contributed by atoms with Crippen molar-refractivity contribution in [2.45, 2.75) is 39.3 Å².